The molecular formula is C19H21NS. The summed E-state index contributed by atoms with van der Waals surface area (Å²) >= 11 is 1.97. The van der Waals surface area contributed by atoms with Crippen molar-refractivity contribution in [1.82, 2.24) is 5.32 Å². The maximum Gasteiger partial charge on any atom is 0.0151 e. The molecule has 0 saturated carbocycles. The Balaban J connectivity index is 2.12. The lowest BCUT2D eigenvalue weighted by molar-refractivity contribution is 0.808. The van der Waals surface area contributed by atoms with Crippen LogP contribution in [0.5, 0.6) is 0 Å². The van der Waals surface area contributed by atoms with Crippen LogP contribution in [0.25, 0.3) is 5.57 Å². The van der Waals surface area contributed by atoms with E-state index in [9.17, 15) is 0 Å². The molecule has 2 heteroatoms. The van der Waals surface area contributed by atoms with Gasteiger partial charge in [0, 0.05) is 10.6 Å². The molecule has 0 spiro atoms. The highest BCUT2D eigenvalue weighted by Gasteiger charge is 2.16. The molecule has 0 aromatic heterocycles. The van der Waals surface area contributed by atoms with E-state index in [0.717, 1.165) is 25.1 Å². The summed E-state index contributed by atoms with van der Waals surface area (Å²) in [6, 6.07) is 17.7. The third-order valence-corrected chi connectivity index (χ3v) is 4.93. The smallest absolute Gasteiger partial charge is 0.0151 e. The molecule has 0 bridgehead atoms. The molecule has 21 heavy (non-hydrogen) atoms. The Bertz CT molecular complexity index is 596. The van der Waals surface area contributed by atoms with Crippen LogP contribution in [0, 0.1) is 0 Å². The van der Waals surface area contributed by atoms with Crippen LogP contribution >= 0.6 is 11.8 Å². The standard InChI is InChI=1S/C19H21NS/c1-20-13-6-10-17-16-8-3-2-7-15(16)12-14-21-19-11-5-4-9-18(17)19/h2-5,7-11,20H,6,12-14H2,1H3/b17-10-. The lowest BCUT2D eigenvalue weighted by Crippen LogP contribution is -2.07. The zero-order valence-corrected chi connectivity index (χ0v) is 13.2. The summed E-state index contributed by atoms with van der Waals surface area (Å²) in [7, 11) is 2.01. The number of hydrogen-bond acceptors (Lipinski definition) is 2. The van der Waals surface area contributed by atoms with Gasteiger partial charge in [0.25, 0.3) is 0 Å². The summed E-state index contributed by atoms with van der Waals surface area (Å²) in [6.07, 6.45) is 4.58. The van der Waals surface area contributed by atoms with Crippen LogP contribution in [0.1, 0.15) is 23.1 Å². The molecule has 1 aliphatic heterocycles. The zero-order chi connectivity index (χ0) is 14.5. The largest absolute Gasteiger partial charge is 0.319 e. The van der Waals surface area contributed by atoms with Gasteiger partial charge in [0.05, 0.1) is 0 Å². The van der Waals surface area contributed by atoms with E-state index in [4.69, 9.17) is 0 Å². The van der Waals surface area contributed by atoms with Crippen molar-refractivity contribution in [3.8, 4) is 0 Å². The zero-order valence-electron chi connectivity index (χ0n) is 12.4. The monoisotopic (exact) mass is 295 g/mol. The van der Waals surface area contributed by atoms with E-state index in [1.807, 2.05) is 18.8 Å². The normalized spacial score (nSPS) is 16.0. The van der Waals surface area contributed by atoms with Crippen LogP contribution in [0.3, 0.4) is 0 Å². The molecule has 1 heterocycles. The number of hydrogen-bond donors (Lipinski definition) is 1. The van der Waals surface area contributed by atoms with Crippen LogP contribution in [0.15, 0.2) is 59.5 Å². The van der Waals surface area contributed by atoms with E-state index in [0.29, 0.717) is 0 Å². The van der Waals surface area contributed by atoms with Gasteiger partial charge in [0.15, 0.2) is 0 Å². The quantitative estimate of drug-likeness (QED) is 0.844. The van der Waals surface area contributed by atoms with E-state index in [-0.39, 0.29) is 0 Å². The molecule has 0 radical (unpaired) electrons. The van der Waals surface area contributed by atoms with Crippen LogP contribution in [0.2, 0.25) is 0 Å². The van der Waals surface area contributed by atoms with Crippen molar-refractivity contribution in [2.24, 2.45) is 0 Å². The number of thioether (sulfide) groups is 1. The van der Waals surface area contributed by atoms with E-state index in [2.05, 4.69) is 59.9 Å². The van der Waals surface area contributed by atoms with Crippen molar-refractivity contribution in [1.29, 1.82) is 0 Å². The Morgan fingerprint density at radius 1 is 1.05 bits per heavy atom. The first-order valence-electron chi connectivity index (χ1n) is 7.55. The molecule has 0 fully saturated rings. The van der Waals surface area contributed by atoms with Gasteiger partial charge in [-0.1, -0.05) is 48.5 Å². The van der Waals surface area contributed by atoms with Gasteiger partial charge in [-0.2, -0.15) is 0 Å². The van der Waals surface area contributed by atoms with E-state index >= 15 is 0 Å². The lowest BCUT2D eigenvalue weighted by atomic mass is 9.92. The highest BCUT2D eigenvalue weighted by atomic mass is 32.2. The first kappa shape index (κ1) is 14.4. The minimum Gasteiger partial charge on any atom is -0.319 e. The topological polar surface area (TPSA) is 12.0 Å². The van der Waals surface area contributed by atoms with Crippen LogP contribution in [0.4, 0.5) is 0 Å². The summed E-state index contributed by atoms with van der Waals surface area (Å²) in [5, 5.41) is 3.23. The highest BCUT2D eigenvalue weighted by molar-refractivity contribution is 7.99. The van der Waals surface area contributed by atoms with Crippen molar-refractivity contribution in [3.63, 3.8) is 0 Å². The van der Waals surface area contributed by atoms with Crippen LogP contribution in [-0.2, 0) is 6.42 Å². The van der Waals surface area contributed by atoms with Gasteiger partial charge >= 0.3 is 0 Å². The Morgan fingerprint density at radius 3 is 2.67 bits per heavy atom. The summed E-state index contributed by atoms with van der Waals surface area (Å²) in [4.78, 5) is 1.41. The van der Waals surface area contributed by atoms with Crippen molar-refractivity contribution in [2.45, 2.75) is 17.7 Å². The van der Waals surface area contributed by atoms with Gasteiger partial charge in [-0.05, 0) is 54.8 Å². The summed E-state index contributed by atoms with van der Waals surface area (Å²) in [6.45, 7) is 1.01. The Labute approximate surface area is 131 Å². The molecule has 0 atom stereocenters. The SMILES string of the molecule is CNCC/C=C1/c2ccccc2CCSc2ccccc21. The Morgan fingerprint density at radius 2 is 1.81 bits per heavy atom. The van der Waals surface area contributed by atoms with Gasteiger partial charge in [-0.25, -0.2) is 0 Å². The molecule has 3 rings (SSSR count). The maximum absolute atomic E-state index is 3.23. The molecule has 2 aromatic rings. The molecule has 0 amide bonds. The third kappa shape index (κ3) is 3.22. The van der Waals surface area contributed by atoms with Crippen LogP contribution < -0.4 is 5.32 Å². The minimum absolute atomic E-state index is 1.01. The van der Waals surface area contributed by atoms with Crippen molar-refractivity contribution < 1.29 is 0 Å². The molecule has 0 unspecified atom stereocenters. The molecule has 0 saturated heterocycles. The lowest BCUT2D eigenvalue weighted by Gasteiger charge is -2.20. The molecular weight excluding hydrogens is 274 g/mol. The second-order valence-corrected chi connectivity index (χ2v) is 6.40. The number of aryl methyl sites for hydroxylation is 1. The van der Waals surface area contributed by atoms with E-state index < -0.39 is 0 Å². The van der Waals surface area contributed by atoms with E-state index in [1.54, 1.807) is 0 Å². The second kappa shape index (κ2) is 6.97. The molecule has 108 valence electrons. The fourth-order valence-corrected chi connectivity index (χ4v) is 3.86. The first-order valence-corrected chi connectivity index (χ1v) is 8.54. The minimum atomic E-state index is 1.01. The van der Waals surface area contributed by atoms with Gasteiger partial charge in [-0.3, -0.25) is 0 Å². The van der Waals surface area contributed by atoms with Gasteiger partial charge in [0.1, 0.15) is 0 Å². The van der Waals surface area contributed by atoms with E-state index in [1.165, 1.54) is 27.2 Å². The fraction of sp³-hybridized carbons (Fsp3) is 0.263. The predicted octanol–water partition coefficient (Wildman–Crippen LogP) is 4.38. The third-order valence-electron chi connectivity index (χ3n) is 3.86. The fourth-order valence-electron chi connectivity index (χ4n) is 2.81. The second-order valence-electron chi connectivity index (χ2n) is 5.26. The summed E-state index contributed by atoms with van der Waals surface area (Å²) < 4.78 is 0. The highest BCUT2D eigenvalue weighted by Crippen LogP contribution is 2.36. The van der Waals surface area contributed by atoms with Crippen molar-refractivity contribution in [2.75, 3.05) is 19.3 Å². The predicted molar refractivity (Wildman–Crippen MR) is 92.9 cm³/mol. The maximum atomic E-state index is 3.23. The Hall–Kier alpha value is -1.51. The average Bonchev–Trinajstić information content (AvgIpc) is 2.51. The number of fused-ring (bicyclic) bond motifs is 2. The molecule has 2 aromatic carbocycles. The average molecular weight is 295 g/mol. The van der Waals surface area contributed by atoms with Gasteiger partial charge in [-0.15, -0.1) is 11.8 Å². The molecule has 1 nitrogen and oxygen atoms in total. The number of benzene rings is 2. The number of rotatable bonds is 3. The molecule has 1 aliphatic rings. The molecule has 0 aliphatic carbocycles. The number of nitrogens with one attached hydrogen (secondary N) is 1. The van der Waals surface area contributed by atoms with Crippen molar-refractivity contribution in [3.05, 3.63) is 71.3 Å². The molecule has 1 N–H and O–H groups in total. The van der Waals surface area contributed by atoms with Crippen molar-refractivity contribution >= 4 is 17.3 Å². The first-order chi connectivity index (χ1) is 10.4. The summed E-state index contributed by atoms with van der Waals surface area (Å²) in [5.74, 6) is 1.15. The Kier molecular flexibility index (Phi) is 4.79. The van der Waals surface area contributed by atoms with Gasteiger partial charge < -0.3 is 5.32 Å². The van der Waals surface area contributed by atoms with Crippen LogP contribution in [-0.4, -0.2) is 19.3 Å². The van der Waals surface area contributed by atoms with Gasteiger partial charge in [0.2, 0.25) is 0 Å². The summed E-state index contributed by atoms with van der Waals surface area (Å²) in [5.41, 5.74) is 5.64.